The lowest BCUT2D eigenvalue weighted by molar-refractivity contribution is -0.116. The van der Waals surface area contributed by atoms with Gasteiger partial charge in [0.1, 0.15) is 17.1 Å². The maximum Gasteiger partial charge on any atom is 0.259 e. The molecule has 0 aliphatic carbocycles. The Kier molecular flexibility index (Phi) is 6.03. The summed E-state index contributed by atoms with van der Waals surface area (Å²) in [7, 11) is 3.04. The molecule has 0 bridgehead atoms. The number of benzene rings is 1. The predicted molar refractivity (Wildman–Crippen MR) is 94.2 cm³/mol. The molecule has 134 valence electrons. The van der Waals surface area contributed by atoms with E-state index < -0.39 is 0 Å². The number of hydrogen-bond donors (Lipinski definition) is 1. The zero-order chi connectivity index (χ0) is 18.6. The lowest BCUT2D eigenvalue weighted by Crippen LogP contribution is -2.35. The minimum Gasteiger partial charge on any atom is -0.495 e. The van der Waals surface area contributed by atoms with Crippen molar-refractivity contribution in [2.45, 2.75) is 20.3 Å². The fourth-order valence-electron chi connectivity index (χ4n) is 2.38. The monoisotopic (exact) mass is 365 g/mol. The Morgan fingerprint density at radius 3 is 2.76 bits per heavy atom. The third kappa shape index (κ3) is 4.30. The number of ether oxygens (including phenoxy) is 1. The first kappa shape index (κ1) is 18.8. The molecule has 8 heteroatoms. The number of anilines is 1. The van der Waals surface area contributed by atoms with Crippen molar-refractivity contribution in [2.24, 2.45) is 0 Å². The fraction of sp³-hybridized carbons (Fsp3) is 0.353. The second-order valence-electron chi connectivity index (χ2n) is 5.47. The molecule has 0 aliphatic heterocycles. The van der Waals surface area contributed by atoms with E-state index in [0.717, 1.165) is 0 Å². The van der Waals surface area contributed by atoms with Gasteiger partial charge in [0.05, 0.1) is 25.0 Å². The number of aryl methyl sites for hydroxylation is 2. The summed E-state index contributed by atoms with van der Waals surface area (Å²) in [5.41, 5.74) is 1.42. The summed E-state index contributed by atoms with van der Waals surface area (Å²) in [5.74, 6) is 0.230. The van der Waals surface area contributed by atoms with Crippen molar-refractivity contribution in [1.29, 1.82) is 0 Å². The third-order valence-corrected chi connectivity index (χ3v) is 3.88. The first-order valence-electron chi connectivity index (χ1n) is 7.71. The minimum atomic E-state index is -0.372. The zero-order valence-corrected chi connectivity index (χ0v) is 15.3. The average Bonchev–Trinajstić information content (AvgIpc) is 2.94. The molecule has 0 saturated carbocycles. The third-order valence-electron chi connectivity index (χ3n) is 3.65. The Bertz CT molecular complexity index is 788. The molecule has 1 aromatic carbocycles. The van der Waals surface area contributed by atoms with Crippen molar-refractivity contribution in [3.05, 3.63) is 40.2 Å². The lowest BCUT2D eigenvalue weighted by Gasteiger charge is -2.17. The van der Waals surface area contributed by atoms with E-state index in [2.05, 4.69) is 10.5 Å². The number of carbonyl (C=O) groups is 2. The van der Waals surface area contributed by atoms with E-state index >= 15 is 0 Å². The molecule has 2 aromatic rings. The van der Waals surface area contributed by atoms with Gasteiger partial charge in [0.25, 0.3) is 5.91 Å². The fourth-order valence-corrected chi connectivity index (χ4v) is 2.55. The number of nitrogens with one attached hydrogen (secondary N) is 1. The van der Waals surface area contributed by atoms with Gasteiger partial charge in [-0.25, -0.2) is 0 Å². The van der Waals surface area contributed by atoms with E-state index in [-0.39, 0.29) is 18.4 Å². The van der Waals surface area contributed by atoms with Gasteiger partial charge >= 0.3 is 0 Å². The van der Waals surface area contributed by atoms with Crippen LogP contribution in [-0.2, 0) is 11.2 Å². The molecule has 0 spiro atoms. The number of nitrogens with zero attached hydrogens (tertiary/aromatic N) is 2. The largest absolute Gasteiger partial charge is 0.495 e. The van der Waals surface area contributed by atoms with Gasteiger partial charge < -0.3 is 19.5 Å². The van der Waals surface area contributed by atoms with Crippen LogP contribution < -0.4 is 10.1 Å². The molecule has 1 N–H and O–H groups in total. The first-order valence-corrected chi connectivity index (χ1v) is 8.09. The van der Waals surface area contributed by atoms with E-state index in [4.69, 9.17) is 20.9 Å². The van der Waals surface area contributed by atoms with E-state index in [1.54, 1.807) is 32.2 Å². The number of carbonyl (C=O) groups excluding carboxylic acids is 2. The predicted octanol–water partition coefficient (Wildman–Crippen LogP) is 2.92. The maximum atomic E-state index is 12.6. The standard InChI is InChI=1S/C17H20ClN3O4/c1-5-12-16(10(2)25-20-12)17(23)21(3)9-15(22)19-13-8-11(18)6-7-14(13)24-4/h6-8H,5,9H2,1-4H3,(H,19,22). The van der Waals surface area contributed by atoms with Gasteiger partial charge in [0.15, 0.2) is 0 Å². The lowest BCUT2D eigenvalue weighted by atomic mass is 10.1. The van der Waals surface area contributed by atoms with Crippen LogP contribution in [0, 0.1) is 6.92 Å². The molecule has 2 amide bonds. The van der Waals surface area contributed by atoms with Crippen LogP contribution in [0.1, 0.15) is 28.7 Å². The first-order chi connectivity index (χ1) is 11.9. The molecule has 1 heterocycles. The SMILES string of the molecule is CCc1noc(C)c1C(=O)N(C)CC(=O)Nc1cc(Cl)ccc1OC. The van der Waals surface area contributed by atoms with E-state index in [1.807, 2.05) is 6.92 Å². The van der Waals surface area contributed by atoms with Crippen LogP contribution in [0.5, 0.6) is 5.75 Å². The zero-order valence-electron chi connectivity index (χ0n) is 14.6. The highest BCUT2D eigenvalue weighted by molar-refractivity contribution is 6.31. The molecule has 0 aliphatic rings. The van der Waals surface area contributed by atoms with E-state index in [1.165, 1.54) is 12.0 Å². The number of methoxy groups -OCH3 is 1. The molecule has 1 aromatic heterocycles. The Morgan fingerprint density at radius 1 is 1.40 bits per heavy atom. The number of amides is 2. The van der Waals surface area contributed by atoms with Crippen LogP contribution in [0.4, 0.5) is 5.69 Å². The van der Waals surface area contributed by atoms with Crippen LogP contribution in [0.3, 0.4) is 0 Å². The summed E-state index contributed by atoms with van der Waals surface area (Å²) in [6, 6.07) is 4.90. The summed E-state index contributed by atoms with van der Waals surface area (Å²) < 4.78 is 10.3. The van der Waals surface area contributed by atoms with Crippen molar-refractivity contribution in [3.8, 4) is 5.75 Å². The van der Waals surface area contributed by atoms with Gasteiger partial charge in [-0.3, -0.25) is 9.59 Å². The van der Waals surface area contributed by atoms with Crippen LogP contribution in [0.25, 0.3) is 0 Å². The quantitative estimate of drug-likeness (QED) is 0.850. The summed E-state index contributed by atoms with van der Waals surface area (Å²) in [6.45, 7) is 3.42. The van der Waals surface area contributed by atoms with Gasteiger partial charge in [-0.1, -0.05) is 23.7 Å². The van der Waals surface area contributed by atoms with Crippen LogP contribution in [0.2, 0.25) is 5.02 Å². The number of rotatable bonds is 6. The van der Waals surface area contributed by atoms with Gasteiger partial charge in [-0.15, -0.1) is 0 Å². The Morgan fingerprint density at radius 2 is 2.12 bits per heavy atom. The van der Waals surface area contributed by atoms with E-state index in [9.17, 15) is 9.59 Å². The molecule has 0 saturated heterocycles. The highest BCUT2D eigenvalue weighted by atomic mass is 35.5. The van der Waals surface area contributed by atoms with Crippen LogP contribution in [-0.4, -0.2) is 42.6 Å². The topological polar surface area (TPSA) is 84.7 Å². The number of aromatic nitrogens is 1. The normalized spacial score (nSPS) is 10.4. The van der Waals surface area contributed by atoms with Crippen molar-refractivity contribution >= 4 is 29.1 Å². The summed E-state index contributed by atoms with van der Waals surface area (Å²) in [5, 5.41) is 7.02. The second-order valence-corrected chi connectivity index (χ2v) is 5.90. The van der Waals surface area contributed by atoms with Crippen molar-refractivity contribution in [3.63, 3.8) is 0 Å². The van der Waals surface area contributed by atoms with Gasteiger partial charge in [-0.2, -0.15) is 0 Å². The molecule has 7 nitrogen and oxygen atoms in total. The van der Waals surface area contributed by atoms with Crippen molar-refractivity contribution in [2.75, 3.05) is 26.0 Å². The minimum absolute atomic E-state index is 0.137. The van der Waals surface area contributed by atoms with Crippen molar-refractivity contribution in [1.82, 2.24) is 10.1 Å². The summed E-state index contributed by atoms with van der Waals surface area (Å²) in [4.78, 5) is 26.2. The highest BCUT2D eigenvalue weighted by Crippen LogP contribution is 2.27. The number of halogens is 1. The maximum absolute atomic E-state index is 12.6. The molecule has 0 fully saturated rings. The molecule has 0 atom stereocenters. The Labute approximate surface area is 150 Å². The summed E-state index contributed by atoms with van der Waals surface area (Å²) in [6.07, 6.45) is 0.568. The smallest absolute Gasteiger partial charge is 0.259 e. The molecule has 25 heavy (non-hydrogen) atoms. The molecule has 0 radical (unpaired) electrons. The second kappa shape index (κ2) is 8.02. The number of hydrogen-bond acceptors (Lipinski definition) is 5. The molecular formula is C17H20ClN3O4. The number of likely N-dealkylation sites (N-methyl/N-ethyl adjacent to an activating group) is 1. The van der Waals surface area contributed by atoms with Crippen LogP contribution in [0.15, 0.2) is 22.7 Å². The Hall–Kier alpha value is -2.54. The molecule has 0 unspecified atom stereocenters. The molecule has 2 rings (SSSR count). The Balaban J connectivity index is 2.09. The van der Waals surface area contributed by atoms with Gasteiger partial charge in [0, 0.05) is 12.1 Å². The average molecular weight is 366 g/mol. The van der Waals surface area contributed by atoms with E-state index in [0.29, 0.717) is 39.9 Å². The molecular weight excluding hydrogens is 346 g/mol. The van der Waals surface area contributed by atoms with Crippen molar-refractivity contribution < 1.29 is 18.8 Å². The highest BCUT2D eigenvalue weighted by Gasteiger charge is 2.23. The van der Waals surface area contributed by atoms with Gasteiger partial charge in [0.2, 0.25) is 5.91 Å². The summed E-state index contributed by atoms with van der Waals surface area (Å²) >= 11 is 5.94. The van der Waals surface area contributed by atoms with Gasteiger partial charge in [-0.05, 0) is 31.5 Å². The van der Waals surface area contributed by atoms with Crippen LogP contribution >= 0.6 is 11.6 Å².